The molecule has 1 aromatic heterocycles. The van der Waals surface area contributed by atoms with Crippen LogP contribution in [0.1, 0.15) is 16.1 Å². The minimum atomic E-state index is -3.73. The molecule has 0 saturated carbocycles. The molecule has 0 fully saturated rings. The van der Waals surface area contributed by atoms with Gasteiger partial charge in [0.05, 0.1) is 24.3 Å². The summed E-state index contributed by atoms with van der Waals surface area (Å²) in [6, 6.07) is 17.6. The molecule has 1 N–H and O–H groups in total. The lowest BCUT2D eigenvalue weighted by molar-refractivity contribution is -0.117. The van der Waals surface area contributed by atoms with Crippen LogP contribution in [0.4, 0.5) is 10.1 Å². The van der Waals surface area contributed by atoms with E-state index in [4.69, 9.17) is 9.47 Å². The van der Waals surface area contributed by atoms with E-state index in [0.29, 0.717) is 16.1 Å². The number of nitrogens with one attached hydrogen (secondary N) is 1. The third-order valence-corrected chi connectivity index (χ3v) is 7.16. The second kappa shape index (κ2) is 11.3. The lowest BCUT2D eigenvalue weighted by atomic mass is 10.1. The molecule has 0 aliphatic carbocycles. The van der Waals surface area contributed by atoms with E-state index in [1.54, 1.807) is 41.9 Å². The van der Waals surface area contributed by atoms with Crippen molar-refractivity contribution in [2.24, 2.45) is 0 Å². The Hall–Kier alpha value is -3.76. The zero-order valence-corrected chi connectivity index (χ0v) is 20.9. The number of anilines is 1. The molecule has 36 heavy (non-hydrogen) atoms. The molecule has 186 valence electrons. The minimum Gasteiger partial charge on any atom is -0.493 e. The number of ether oxygens (including phenoxy) is 2. The molecule has 0 aliphatic heterocycles. The number of rotatable bonds is 11. The number of sulfonamides is 1. The van der Waals surface area contributed by atoms with Gasteiger partial charge in [0.2, 0.25) is 15.8 Å². The normalized spacial score (nSPS) is 11.2. The van der Waals surface area contributed by atoms with Crippen molar-refractivity contribution in [1.82, 2.24) is 4.98 Å². The molecule has 0 atom stereocenters. The Labute approximate surface area is 212 Å². The van der Waals surface area contributed by atoms with Gasteiger partial charge in [-0.3, -0.25) is 9.52 Å². The topological polar surface area (TPSA) is 94.6 Å². The lowest BCUT2D eigenvalue weighted by Gasteiger charge is -2.16. The van der Waals surface area contributed by atoms with Crippen LogP contribution in [0.5, 0.6) is 17.2 Å². The average molecular weight is 527 g/mol. The van der Waals surface area contributed by atoms with Crippen LogP contribution in [-0.4, -0.2) is 26.3 Å². The highest BCUT2D eigenvalue weighted by Crippen LogP contribution is 2.36. The second-order valence-electron chi connectivity index (χ2n) is 7.86. The Morgan fingerprint density at radius 2 is 1.83 bits per heavy atom. The smallest absolute Gasteiger partial charge is 0.236 e. The van der Waals surface area contributed by atoms with Crippen LogP contribution in [0.15, 0.2) is 78.3 Å². The fourth-order valence-corrected chi connectivity index (χ4v) is 5.37. The van der Waals surface area contributed by atoms with Crippen molar-refractivity contribution in [3.63, 3.8) is 0 Å². The SMILES string of the molecule is COc1cccc(F)c1Oc1ccc(NS(=O)(=O)Cc2ccccc2)cc1CC(=O)Cc1nccs1. The highest BCUT2D eigenvalue weighted by molar-refractivity contribution is 7.91. The number of aromatic nitrogens is 1. The Morgan fingerprint density at radius 3 is 2.56 bits per heavy atom. The average Bonchev–Trinajstić information content (AvgIpc) is 3.34. The maximum absolute atomic E-state index is 14.5. The van der Waals surface area contributed by atoms with Crippen molar-refractivity contribution in [2.75, 3.05) is 11.8 Å². The lowest BCUT2D eigenvalue weighted by Crippen LogP contribution is -2.15. The van der Waals surface area contributed by atoms with E-state index >= 15 is 0 Å². The van der Waals surface area contributed by atoms with Gasteiger partial charge < -0.3 is 9.47 Å². The zero-order valence-electron chi connectivity index (χ0n) is 19.3. The summed E-state index contributed by atoms with van der Waals surface area (Å²) < 4.78 is 53.6. The number of carbonyl (C=O) groups is 1. The molecule has 0 aliphatic rings. The molecule has 0 saturated heterocycles. The molecule has 10 heteroatoms. The highest BCUT2D eigenvalue weighted by atomic mass is 32.2. The number of nitrogens with zero attached hydrogens (tertiary/aromatic N) is 1. The van der Waals surface area contributed by atoms with E-state index < -0.39 is 15.8 Å². The summed E-state index contributed by atoms with van der Waals surface area (Å²) >= 11 is 1.37. The monoisotopic (exact) mass is 526 g/mol. The van der Waals surface area contributed by atoms with E-state index in [9.17, 15) is 17.6 Å². The first kappa shape index (κ1) is 25.3. The largest absolute Gasteiger partial charge is 0.493 e. The number of halogens is 1. The van der Waals surface area contributed by atoms with E-state index in [2.05, 4.69) is 9.71 Å². The third-order valence-electron chi connectivity index (χ3n) is 5.12. The first-order chi connectivity index (χ1) is 17.3. The summed E-state index contributed by atoms with van der Waals surface area (Å²) in [6.07, 6.45) is 1.67. The summed E-state index contributed by atoms with van der Waals surface area (Å²) in [5, 5.41) is 2.45. The Kier molecular flexibility index (Phi) is 7.97. The Balaban J connectivity index is 1.62. The van der Waals surface area contributed by atoms with Gasteiger partial charge in [0.15, 0.2) is 11.6 Å². The van der Waals surface area contributed by atoms with Gasteiger partial charge in [-0.2, -0.15) is 0 Å². The van der Waals surface area contributed by atoms with Gasteiger partial charge in [-0.1, -0.05) is 36.4 Å². The number of methoxy groups -OCH3 is 1. The van der Waals surface area contributed by atoms with Crippen molar-refractivity contribution >= 4 is 32.8 Å². The fraction of sp³-hybridized carbons (Fsp3) is 0.154. The standard InChI is InChI=1S/C26H23FN2O5S2/c1-33-24-9-5-8-22(27)26(24)34-23-11-10-20(29-36(31,32)17-18-6-3-2-4-7-18)14-19(23)15-21(30)16-25-28-12-13-35-25/h2-14,29H,15-17H2,1H3. The molecule has 7 nitrogen and oxygen atoms in total. The quantitative estimate of drug-likeness (QED) is 0.282. The van der Waals surface area contributed by atoms with Crippen molar-refractivity contribution in [1.29, 1.82) is 0 Å². The number of benzene rings is 3. The number of thiazole rings is 1. The van der Waals surface area contributed by atoms with Gasteiger partial charge in [-0.25, -0.2) is 17.8 Å². The predicted molar refractivity (Wildman–Crippen MR) is 137 cm³/mol. The summed E-state index contributed by atoms with van der Waals surface area (Å²) in [5.41, 5.74) is 1.29. The summed E-state index contributed by atoms with van der Waals surface area (Å²) in [5.74, 6) is -0.746. The van der Waals surface area contributed by atoms with Crippen LogP contribution in [0, 0.1) is 5.82 Å². The number of hydrogen-bond acceptors (Lipinski definition) is 7. The molecule has 0 unspecified atom stereocenters. The number of Topliss-reactive ketones (excluding diaryl/α,β-unsaturated/α-hetero) is 1. The van der Waals surface area contributed by atoms with Gasteiger partial charge in [0, 0.05) is 29.2 Å². The maximum Gasteiger partial charge on any atom is 0.236 e. The number of hydrogen-bond donors (Lipinski definition) is 1. The van der Waals surface area contributed by atoms with Crippen LogP contribution in [0.2, 0.25) is 0 Å². The van der Waals surface area contributed by atoms with Gasteiger partial charge in [0.25, 0.3) is 0 Å². The van der Waals surface area contributed by atoms with E-state index in [1.165, 1.54) is 48.8 Å². The van der Waals surface area contributed by atoms with Crippen LogP contribution in [0.3, 0.4) is 0 Å². The predicted octanol–water partition coefficient (Wildman–Crippen LogP) is 5.38. The Morgan fingerprint density at radius 1 is 1.03 bits per heavy atom. The summed E-state index contributed by atoms with van der Waals surface area (Å²) in [4.78, 5) is 16.9. The van der Waals surface area contributed by atoms with E-state index in [-0.39, 0.29) is 47.3 Å². The van der Waals surface area contributed by atoms with Gasteiger partial charge >= 0.3 is 0 Å². The van der Waals surface area contributed by atoms with E-state index in [0.717, 1.165) is 0 Å². The molecular formula is C26H23FN2O5S2. The molecule has 0 spiro atoms. The fourth-order valence-electron chi connectivity index (χ4n) is 3.53. The van der Waals surface area contributed by atoms with Crippen molar-refractivity contribution in [2.45, 2.75) is 18.6 Å². The molecule has 1 heterocycles. The number of carbonyl (C=O) groups excluding carboxylic acids is 1. The summed E-state index contributed by atoms with van der Waals surface area (Å²) in [7, 11) is -2.33. The molecule has 3 aromatic carbocycles. The molecule has 4 aromatic rings. The molecule has 0 amide bonds. The second-order valence-corrected chi connectivity index (χ2v) is 10.6. The summed E-state index contributed by atoms with van der Waals surface area (Å²) in [6.45, 7) is 0. The van der Waals surface area contributed by atoms with Gasteiger partial charge in [-0.15, -0.1) is 11.3 Å². The van der Waals surface area contributed by atoms with E-state index in [1.807, 2.05) is 6.07 Å². The molecule has 0 radical (unpaired) electrons. The maximum atomic E-state index is 14.5. The molecular weight excluding hydrogens is 503 g/mol. The van der Waals surface area contributed by atoms with Crippen LogP contribution in [0.25, 0.3) is 0 Å². The number of ketones is 1. The first-order valence-electron chi connectivity index (χ1n) is 10.9. The van der Waals surface area contributed by atoms with Gasteiger partial charge in [0.1, 0.15) is 11.5 Å². The Bertz CT molecular complexity index is 1440. The third kappa shape index (κ3) is 6.67. The molecule has 0 bridgehead atoms. The number of para-hydroxylation sites is 1. The highest BCUT2D eigenvalue weighted by Gasteiger charge is 2.19. The van der Waals surface area contributed by atoms with Crippen molar-refractivity contribution < 1.29 is 27.1 Å². The zero-order chi connectivity index (χ0) is 25.5. The van der Waals surface area contributed by atoms with Crippen molar-refractivity contribution in [3.8, 4) is 17.2 Å². The van der Waals surface area contributed by atoms with Gasteiger partial charge in [-0.05, 0) is 35.9 Å². The van der Waals surface area contributed by atoms with Crippen molar-refractivity contribution in [3.05, 3.63) is 100 Å². The van der Waals surface area contributed by atoms with Crippen LogP contribution < -0.4 is 14.2 Å². The van der Waals surface area contributed by atoms with Crippen LogP contribution >= 0.6 is 11.3 Å². The first-order valence-corrected chi connectivity index (χ1v) is 13.4. The minimum absolute atomic E-state index is 0.0695. The van der Waals surface area contributed by atoms with Crippen LogP contribution in [-0.2, 0) is 33.4 Å². The molecule has 4 rings (SSSR count).